The molecule has 18 heavy (non-hydrogen) atoms. The predicted octanol–water partition coefficient (Wildman–Crippen LogP) is 3.79. The van der Waals surface area contributed by atoms with Crippen LogP contribution in [-0.2, 0) is 0 Å². The standard InChI is InChI=1S/C14H13ClN2O/c1-18-14-8-3-2-5-11(14)10-16-17-13-7-4-6-12(15)9-13/h2-10,17H,1H3/b16-10-. The Bertz CT molecular complexity index is 555. The molecular weight excluding hydrogens is 248 g/mol. The van der Waals surface area contributed by atoms with Crippen molar-refractivity contribution in [3.8, 4) is 5.75 Å². The molecule has 0 aliphatic heterocycles. The van der Waals surface area contributed by atoms with Crippen LogP contribution in [0.2, 0.25) is 5.02 Å². The summed E-state index contributed by atoms with van der Waals surface area (Å²) in [5.41, 5.74) is 4.67. The molecule has 0 aliphatic carbocycles. The van der Waals surface area contributed by atoms with E-state index in [1.54, 1.807) is 19.4 Å². The van der Waals surface area contributed by atoms with Crippen LogP contribution in [0.25, 0.3) is 0 Å². The fraction of sp³-hybridized carbons (Fsp3) is 0.0714. The molecule has 0 bridgehead atoms. The molecule has 0 saturated heterocycles. The summed E-state index contributed by atoms with van der Waals surface area (Å²) in [7, 11) is 1.64. The summed E-state index contributed by atoms with van der Waals surface area (Å²) in [6.07, 6.45) is 1.71. The minimum Gasteiger partial charge on any atom is -0.496 e. The number of halogens is 1. The monoisotopic (exact) mass is 260 g/mol. The molecular formula is C14H13ClN2O. The number of methoxy groups -OCH3 is 1. The Morgan fingerprint density at radius 2 is 2.00 bits per heavy atom. The first-order valence-electron chi connectivity index (χ1n) is 5.47. The largest absolute Gasteiger partial charge is 0.496 e. The van der Waals surface area contributed by atoms with Crippen molar-refractivity contribution in [2.75, 3.05) is 12.5 Å². The van der Waals surface area contributed by atoms with Gasteiger partial charge < -0.3 is 4.74 Å². The second-order valence-electron chi connectivity index (χ2n) is 3.62. The van der Waals surface area contributed by atoms with Gasteiger partial charge in [-0.3, -0.25) is 5.43 Å². The number of nitrogens with one attached hydrogen (secondary N) is 1. The normalized spacial score (nSPS) is 10.6. The molecule has 0 atom stereocenters. The molecule has 4 heteroatoms. The first-order valence-corrected chi connectivity index (χ1v) is 5.85. The number of hydrazone groups is 1. The Morgan fingerprint density at radius 1 is 1.17 bits per heavy atom. The highest BCUT2D eigenvalue weighted by atomic mass is 35.5. The zero-order valence-electron chi connectivity index (χ0n) is 9.93. The van der Waals surface area contributed by atoms with E-state index < -0.39 is 0 Å². The highest BCUT2D eigenvalue weighted by Gasteiger charge is 1.97. The molecule has 0 aromatic heterocycles. The third-order valence-corrected chi connectivity index (χ3v) is 2.60. The molecule has 0 aliphatic rings. The van der Waals surface area contributed by atoms with E-state index in [9.17, 15) is 0 Å². The average molecular weight is 261 g/mol. The number of rotatable bonds is 4. The molecule has 92 valence electrons. The van der Waals surface area contributed by atoms with Gasteiger partial charge in [-0.15, -0.1) is 0 Å². The topological polar surface area (TPSA) is 33.6 Å². The van der Waals surface area contributed by atoms with Crippen molar-refractivity contribution in [1.29, 1.82) is 0 Å². The first-order chi connectivity index (χ1) is 8.79. The van der Waals surface area contributed by atoms with Crippen LogP contribution < -0.4 is 10.2 Å². The van der Waals surface area contributed by atoms with Crippen molar-refractivity contribution in [2.45, 2.75) is 0 Å². The number of ether oxygens (including phenoxy) is 1. The van der Waals surface area contributed by atoms with Crippen LogP contribution >= 0.6 is 11.6 Å². The predicted molar refractivity (Wildman–Crippen MR) is 75.7 cm³/mol. The van der Waals surface area contributed by atoms with Crippen LogP contribution in [0.4, 0.5) is 5.69 Å². The average Bonchev–Trinajstić information content (AvgIpc) is 2.39. The quantitative estimate of drug-likeness (QED) is 0.670. The summed E-state index contributed by atoms with van der Waals surface area (Å²) in [5.74, 6) is 0.786. The molecule has 0 unspecified atom stereocenters. The maximum absolute atomic E-state index is 5.88. The van der Waals surface area contributed by atoms with Gasteiger partial charge in [-0.2, -0.15) is 5.10 Å². The van der Waals surface area contributed by atoms with Gasteiger partial charge in [0, 0.05) is 10.6 Å². The van der Waals surface area contributed by atoms with E-state index in [1.807, 2.05) is 42.5 Å². The minimum absolute atomic E-state index is 0.674. The van der Waals surface area contributed by atoms with Gasteiger partial charge >= 0.3 is 0 Å². The SMILES string of the molecule is COc1ccccc1/C=N\Nc1cccc(Cl)c1. The van der Waals surface area contributed by atoms with Crippen molar-refractivity contribution >= 4 is 23.5 Å². The summed E-state index contributed by atoms with van der Waals surface area (Å²) >= 11 is 5.88. The van der Waals surface area contributed by atoms with Gasteiger partial charge in [0.1, 0.15) is 5.75 Å². The van der Waals surface area contributed by atoms with Gasteiger partial charge in [0.05, 0.1) is 19.0 Å². The lowest BCUT2D eigenvalue weighted by atomic mass is 10.2. The van der Waals surface area contributed by atoms with Gasteiger partial charge in [-0.05, 0) is 30.3 Å². The lowest BCUT2D eigenvalue weighted by Gasteiger charge is -2.03. The molecule has 0 amide bonds. The van der Waals surface area contributed by atoms with Crippen LogP contribution in [0.5, 0.6) is 5.75 Å². The summed E-state index contributed by atoms with van der Waals surface area (Å²) in [4.78, 5) is 0. The number of benzene rings is 2. The number of nitrogens with zero attached hydrogens (tertiary/aromatic N) is 1. The van der Waals surface area contributed by atoms with Crippen molar-refractivity contribution in [3.05, 3.63) is 59.1 Å². The molecule has 1 N–H and O–H groups in total. The molecule has 0 fully saturated rings. The van der Waals surface area contributed by atoms with Gasteiger partial charge in [-0.25, -0.2) is 0 Å². The third-order valence-electron chi connectivity index (χ3n) is 2.36. The molecule has 0 spiro atoms. The van der Waals surface area contributed by atoms with Crippen molar-refractivity contribution in [3.63, 3.8) is 0 Å². The Balaban J connectivity index is 2.07. The van der Waals surface area contributed by atoms with E-state index >= 15 is 0 Å². The summed E-state index contributed by atoms with van der Waals surface area (Å²) < 4.78 is 5.23. The molecule has 2 rings (SSSR count). The summed E-state index contributed by atoms with van der Waals surface area (Å²) in [6, 6.07) is 15.1. The minimum atomic E-state index is 0.674. The zero-order valence-corrected chi connectivity index (χ0v) is 10.7. The number of hydrogen-bond acceptors (Lipinski definition) is 3. The molecule has 2 aromatic carbocycles. The Hall–Kier alpha value is -2.00. The summed E-state index contributed by atoms with van der Waals surface area (Å²) in [6.45, 7) is 0. The van der Waals surface area contributed by atoms with E-state index in [2.05, 4.69) is 10.5 Å². The van der Waals surface area contributed by atoms with E-state index in [4.69, 9.17) is 16.3 Å². The van der Waals surface area contributed by atoms with Crippen LogP contribution in [0, 0.1) is 0 Å². The maximum Gasteiger partial charge on any atom is 0.127 e. The second kappa shape index (κ2) is 6.07. The number of hydrogen-bond donors (Lipinski definition) is 1. The van der Waals surface area contributed by atoms with E-state index in [0.717, 1.165) is 17.0 Å². The molecule has 0 radical (unpaired) electrons. The number of para-hydroxylation sites is 1. The Kier molecular flexibility index (Phi) is 4.20. The molecule has 0 heterocycles. The molecule has 2 aromatic rings. The maximum atomic E-state index is 5.88. The zero-order chi connectivity index (χ0) is 12.8. The van der Waals surface area contributed by atoms with Gasteiger partial charge in [-0.1, -0.05) is 29.8 Å². The molecule has 3 nitrogen and oxygen atoms in total. The van der Waals surface area contributed by atoms with Crippen LogP contribution in [0.1, 0.15) is 5.56 Å². The number of anilines is 1. The summed E-state index contributed by atoms with van der Waals surface area (Å²) in [5, 5.41) is 4.82. The Morgan fingerprint density at radius 3 is 2.78 bits per heavy atom. The van der Waals surface area contributed by atoms with Crippen molar-refractivity contribution in [2.24, 2.45) is 5.10 Å². The van der Waals surface area contributed by atoms with Crippen molar-refractivity contribution < 1.29 is 4.74 Å². The Labute approximate surface area is 111 Å². The second-order valence-corrected chi connectivity index (χ2v) is 4.06. The highest BCUT2D eigenvalue weighted by molar-refractivity contribution is 6.30. The highest BCUT2D eigenvalue weighted by Crippen LogP contribution is 2.16. The van der Waals surface area contributed by atoms with Crippen LogP contribution in [0.15, 0.2) is 53.6 Å². The lowest BCUT2D eigenvalue weighted by Crippen LogP contribution is -1.93. The third kappa shape index (κ3) is 3.25. The van der Waals surface area contributed by atoms with Gasteiger partial charge in [0.2, 0.25) is 0 Å². The van der Waals surface area contributed by atoms with E-state index in [0.29, 0.717) is 5.02 Å². The van der Waals surface area contributed by atoms with Gasteiger partial charge in [0.15, 0.2) is 0 Å². The van der Waals surface area contributed by atoms with E-state index in [-0.39, 0.29) is 0 Å². The van der Waals surface area contributed by atoms with E-state index in [1.165, 1.54) is 0 Å². The van der Waals surface area contributed by atoms with Crippen molar-refractivity contribution in [1.82, 2.24) is 0 Å². The smallest absolute Gasteiger partial charge is 0.127 e. The first kappa shape index (κ1) is 12.5. The fourth-order valence-corrected chi connectivity index (χ4v) is 1.70. The lowest BCUT2D eigenvalue weighted by molar-refractivity contribution is 0.414. The molecule has 0 saturated carbocycles. The van der Waals surface area contributed by atoms with Crippen LogP contribution in [-0.4, -0.2) is 13.3 Å². The van der Waals surface area contributed by atoms with Gasteiger partial charge in [0.25, 0.3) is 0 Å². The fourth-order valence-electron chi connectivity index (χ4n) is 1.51. The van der Waals surface area contributed by atoms with Crippen LogP contribution in [0.3, 0.4) is 0 Å².